The van der Waals surface area contributed by atoms with Crippen molar-refractivity contribution in [2.24, 2.45) is 5.41 Å². The first-order valence-electron chi connectivity index (χ1n) is 10.9. The molecular formula is C19H32N4O8S. The van der Waals surface area contributed by atoms with E-state index in [1.807, 2.05) is 0 Å². The number of amides is 3. The third-order valence-corrected chi connectivity index (χ3v) is 6.62. The van der Waals surface area contributed by atoms with Crippen molar-refractivity contribution >= 4 is 28.3 Å². The number of piperidine rings is 2. The summed E-state index contributed by atoms with van der Waals surface area (Å²) in [5.74, 6) is -0.849. The number of nitrogens with one attached hydrogen (secondary N) is 2. The molecule has 3 aliphatic rings. The van der Waals surface area contributed by atoms with Crippen LogP contribution in [0.4, 0.5) is 4.79 Å². The van der Waals surface area contributed by atoms with E-state index in [-0.39, 0.29) is 25.1 Å². The topological polar surface area (TPSA) is 144 Å². The van der Waals surface area contributed by atoms with Crippen LogP contribution in [-0.4, -0.2) is 87.3 Å². The van der Waals surface area contributed by atoms with E-state index >= 15 is 0 Å². The van der Waals surface area contributed by atoms with Crippen LogP contribution in [0.3, 0.4) is 0 Å². The van der Waals surface area contributed by atoms with Crippen LogP contribution < -0.4 is 10.6 Å². The van der Waals surface area contributed by atoms with Gasteiger partial charge in [0.05, 0.1) is 24.7 Å². The number of carbonyl (C=O) groups excluding carboxylic acids is 3. The highest BCUT2D eigenvalue weighted by Gasteiger charge is 2.50. The number of urea groups is 1. The van der Waals surface area contributed by atoms with Crippen molar-refractivity contribution in [2.75, 3.05) is 32.8 Å². The van der Waals surface area contributed by atoms with Crippen LogP contribution in [0.15, 0.2) is 0 Å². The Labute approximate surface area is 188 Å². The summed E-state index contributed by atoms with van der Waals surface area (Å²) in [7, 11) is -4.62. The van der Waals surface area contributed by atoms with Crippen molar-refractivity contribution < 1.29 is 36.0 Å². The third-order valence-electron chi connectivity index (χ3n) is 5.87. The second kappa shape index (κ2) is 9.89. The second-order valence-electron chi connectivity index (χ2n) is 8.89. The van der Waals surface area contributed by atoms with Gasteiger partial charge in [-0.3, -0.25) is 9.59 Å². The van der Waals surface area contributed by atoms with Crippen molar-refractivity contribution in [3.8, 4) is 0 Å². The minimum atomic E-state index is -4.62. The normalized spacial score (nSPS) is 24.5. The molecule has 3 amide bonds. The van der Waals surface area contributed by atoms with E-state index in [2.05, 4.69) is 10.6 Å². The van der Waals surface area contributed by atoms with Crippen LogP contribution >= 0.6 is 0 Å². The predicted octanol–water partition coefficient (Wildman–Crippen LogP) is -0.0945. The number of hydroxylamine groups is 2. The van der Waals surface area contributed by atoms with Crippen molar-refractivity contribution in [2.45, 2.75) is 64.6 Å². The van der Waals surface area contributed by atoms with Crippen molar-refractivity contribution in [1.29, 1.82) is 0 Å². The van der Waals surface area contributed by atoms with Crippen LogP contribution in [0, 0.1) is 5.41 Å². The number of rotatable bonds is 9. The summed E-state index contributed by atoms with van der Waals surface area (Å²) in [5.41, 5.74) is -1.22. The summed E-state index contributed by atoms with van der Waals surface area (Å²) in [4.78, 5) is 38.8. The second-order valence-corrected chi connectivity index (χ2v) is 10.1. The molecule has 0 saturated carbocycles. The molecule has 2 N–H and O–H groups in total. The third kappa shape index (κ3) is 5.69. The molecule has 0 radical (unpaired) electrons. The number of fused-ring (bicyclic) bond motifs is 2. The maximum atomic E-state index is 12.8. The van der Waals surface area contributed by atoms with Gasteiger partial charge in [0.2, 0.25) is 5.91 Å². The fourth-order valence-electron chi connectivity index (χ4n) is 3.99. The van der Waals surface area contributed by atoms with Gasteiger partial charge in [-0.15, -0.1) is 4.28 Å². The van der Waals surface area contributed by atoms with Gasteiger partial charge < -0.3 is 20.3 Å². The molecule has 0 spiro atoms. The van der Waals surface area contributed by atoms with Gasteiger partial charge >= 0.3 is 22.4 Å². The predicted molar refractivity (Wildman–Crippen MR) is 111 cm³/mol. The highest BCUT2D eigenvalue weighted by atomic mass is 32.3. The fourth-order valence-corrected chi connectivity index (χ4v) is 4.86. The van der Waals surface area contributed by atoms with Crippen LogP contribution in [0.2, 0.25) is 0 Å². The van der Waals surface area contributed by atoms with E-state index in [1.54, 1.807) is 6.92 Å². The lowest BCUT2D eigenvalue weighted by molar-refractivity contribution is -0.155. The monoisotopic (exact) mass is 476 g/mol. The number of hydrogen-bond acceptors (Lipinski definition) is 9. The van der Waals surface area contributed by atoms with E-state index in [4.69, 9.17) is 13.2 Å². The minimum Gasteiger partial charge on any atom is -0.466 e. The van der Waals surface area contributed by atoms with E-state index in [1.165, 1.54) is 18.7 Å². The van der Waals surface area contributed by atoms with E-state index in [0.717, 1.165) is 31.0 Å². The van der Waals surface area contributed by atoms with Crippen LogP contribution in [0.5, 0.6) is 0 Å². The number of ether oxygens (including phenoxy) is 1. The molecule has 3 fully saturated rings. The molecule has 2 atom stereocenters. The van der Waals surface area contributed by atoms with Crippen LogP contribution in [-0.2, 0) is 33.2 Å². The molecule has 0 unspecified atom stereocenters. The number of esters is 1. The van der Waals surface area contributed by atoms with Gasteiger partial charge in [-0.25, -0.2) is 8.98 Å². The molecule has 13 heteroatoms. The Morgan fingerprint density at radius 1 is 1.19 bits per heavy atom. The average molecular weight is 477 g/mol. The molecule has 3 heterocycles. The molecule has 32 heavy (non-hydrogen) atoms. The average Bonchev–Trinajstić information content (AvgIpc) is 2.97. The number of nitrogens with zero attached hydrogens (tertiary/aromatic N) is 2. The van der Waals surface area contributed by atoms with Gasteiger partial charge in [0, 0.05) is 12.6 Å². The summed E-state index contributed by atoms with van der Waals surface area (Å²) in [6.07, 6.45) is 2.46. The smallest absolute Gasteiger partial charge is 0.421 e. The Morgan fingerprint density at radius 3 is 2.53 bits per heavy atom. The zero-order valence-electron chi connectivity index (χ0n) is 18.7. The SMILES string of the molecule is CCOC(=O)C(C)(C)COS(=O)(=O)ON1C(=O)N2C[C@H]1CC[C@H]2C(=O)NC1CCNCC1. The zero-order chi connectivity index (χ0) is 23.5. The van der Waals surface area contributed by atoms with E-state index < -0.39 is 46.5 Å². The van der Waals surface area contributed by atoms with Crippen LogP contribution in [0.25, 0.3) is 0 Å². The Kier molecular flexibility index (Phi) is 7.63. The van der Waals surface area contributed by atoms with Crippen molar-refractivity contribution in [1.82, 2.24) is 20.6 Å². The fraction of sp³-hybridized carbons (Fsp3) is 0.842. The summed E-state index contributed by atoms with van der Waals surface area (Å²) in [6.45, 7) is 6.08. The maximum Gasteiger partial charge on any atom is 0.421 e. The van der Waals surface area contributed by atoms with Gasteiger partial charge in [-0.2, -0.15) is 13.5 Å². The Balaban J connectivity index is 1.57. The van der Waals surface area contributed by atoms with Gasteiger partial charge in [0.15, 0.2) is 0 Å². The standard InChI is InChI=1S/C19H32N4O8S/c1-4-29-17(25)19(2,3)12-30-32(27,28)31-23-14-5-6-15(22(11-14)18(23)26)16(24)21-13-7-9-20-10-8-13/h13-15,20H,4-12H2,1-3H3,(H,21,24)/t14-,15+/m1/s1. The molecule has 3 saturated heterocycles. The van der Waals surface area contributed by atoms with E-state index in [0.29, 0.717) is 12.8 Å². The minimum absolute atomic E-state index is 0.0584. The van der Waals surface area contributed by atoms with Crippen molar-refractivity contribution in [3.05, 3.63) is 0 Å². The first-order chi connectivity index (χ1) is 15.0. The largest absolute Gasteiger partial charge is 0.466 e. The lowest BCUT2D eigenvalue weighted by Crippen LogP contribution is -2.53. The van der Waals surface area contributed by atoms with Gasteiger partial charge in [-0.1, -0.05) is 0 Å². The summed E-state index contributed by atoms with van der Waals surface area (Å²) < 4.78 is 39.3. The van der Waals surface area contributed by atoms with Gasteiger partial charge in [0.25, 0.3) is 0 Å². The van der Waals surface area contributed by atoms with E-state index in [9.17, 15) is 22.8 Å². The molecule has 12 nitrogen and oxygen atoms in total. The molecule has 2 bridgehead atoms. The zero-order valence-corrected chi connectivity index (χ0v) is 19.5. The maximum absolute atomic E-state index is 12.8. The summed E-state index contributed by atoms with van der Waals surface area (Å²) in [6, 6.07) is -1.83. The molecule has 0 aromatic rings. The molecule has 0 aromatic heterocycles. The summed E-state index contributed by atoms with van der Waals surface area (Å²) in [5, 5.41) is 6.98. The Hall–Kier alpha value is -1.96. The van der Waals surface area contributed by atoms with Gasteiger partial charge in [-0.05, 0) is 59.5 Å². The lowest BCUT2D eigenvalue weighted by Gasteiger charge is -2.32. The molecular weight excluding hydrogens is 444 g/mol. The van der Waals surface area contributed by atoms with Gasteiger partial charge in [0.1, 0.15) is 6.04 Å². The Bertz CT molecular complexity index is 827. The van der Waals surface area contributed by atoms with Crippen molar-refractivity contribution in [3.63, 3.8) is 0 Å². The highest BCUT2D eigenvalue weighted by molar-refractivity contribution is 7.81. The summed E-state index contributed by atoms with van der Waals surface area (Å²) >= 11 is 0. The number of hydrogen-bond donors (Lipinski definition) is 2. The molecule has 182 valence electrons. The quantitative estimate of drug-likeness (QED) is 0.436. The first-order valence-corrected chi connectivity index (χ1v) is 12.2. The number of carbonyl (C=O) groups is 3. The molecule has 3 rings (SSSR count). The highest BCUT2D eigenvalue weighted by Crippen LogP contribution is 2.31. The Morgan fingerprint density at radius 2 is 1.88 bits per heavy atom. The molecule has 3 aliphatic heterocycles. The molecule has 0 aromatic carbocycles. The van der Waals surface area contributed by atoms with Crippen LogP contribution in [0.1, 0.15) is 46.5 Å². The molecule has 0 aliphatic carbocycles. The lowest BCUT2D eigenvalue weighted by atomic mass is 9.95. The first kappa shape index (κ1) is 24.7.